The van der Waals surface area contributed by atoms with Crippen LogP contribution in [0.1, 0.15) is 6.42 Å². The molecule has 1 heterocycles. The van der Waals surface area contributed by atoms with Gasteiger partial charge in [-0.2, -0.15) is 0 Å². The topological polar surface area (TPSA) is 119 Å². The summed E-state index contributed by atoms with van der Waals surface area (Å²) in [6.45, 7) is 0. The second-order valence-corrected chi connectivity index (χ2v) is 8.78. The zero-order valence-corrected chi connectivity index (χ0v) is 13.4. The second-order valence-electron chi connectivity index (χ2n) is 4.87. The minimum absolute atomic E-state index is 0.0485. The number of carbonyl (C=O) groups is 1. The number of nitrogens with one attached hydrogen (secondary N) is 2. The predicted octanol–water partition coefficient (Wildman–Crippen LogP) is -0.561. The minimum atomic E-state index is -3.93. The average molecular weight is 348 g/mol. The SMILES string of the molecule is COc1ccc(S(=O)(=O)NNC(=O)[C@@H]2CCS(=O)(=O)C2)cc1. The Bertz CT molecular complexity index is 755. The molecule has 0 unspecified atom stereocenters. The summed E-state index contributed by atoms with van der Waals surface area (Å²) in [6, 6.07) is 5.60. The van der Waals surface area contributed by atoms with Crippen LogP contribution in [0.4, 0.5) is 0 Å². The van der Waals surface area contributed by atoms with Crippen LogP contribution in [-0.2, 0) is 24.7 Å². The van der Waals surface area contributed by atoms with E-state index in [-0.39, 0.29) is 22.8 Å². The number of rotatable bonds is 5. The molecule has 1 aromatic carbocycles. The molecular formula is C12H16N2O6S2. The number of sulfonamides is 1. The molecule has 8 nitrogen and oxygen atoms in total. The van der Waals surface area contributed by atoms with Gasteiger partial charge >= 0.3 is 0 Å². The molecule has 1 amide bonds. The summed E-state index contributed by atoms with van der Waals surface area (Å²) >= 11 is 0. The van der Waals surface area contributed by atoms with E-state index in [2.05, 4.69) is 5.43 Å². The first-order valence-electron chi connectivity index (χ1n) is 6.40. The number of hydrogen-bond acceptors (Lipinski definition) is 6. The largest absolute Gasteiger partial charge is 0.497 e. The van der Waals surface area contributed by atoms with Gasteiger partial charge in [0.25, 0.3) is 10.0 Å². The number of sulfone groups is 1. The Hall–Kier alpha value is -1.65. The minimum Gasteiger partial charge on any atom is -0.497 e. The van der Waals surface area contributed by atoms with E-state index in [1.54, 1.807) is 0 Å². The third-order valence-electron chi connectivity index (χ3n) is 3.28. The Balaban J connectivity index is 1.99. The quantitative estimate of drug-likeness (QED) is 0.689. The number of ether oxygens (including phenoxy) is 1. The van der Waals surface area contributed by atoms with E-state index in [9.17, 15) is 21.6 Å². The standard InChI is InChI=1S/C12H16N2O6S2/c1-20-10-2-4-11(5-3-10)22(18,19)14-13-12(15)9-6-7-21(16,17)8-9/h2-5,9,14H,6-8H2,1H3,(H,13,15)/t9-/m1/s1. The molecule has 1 fully saturated rings. The fraction of sp³-hybridized carbons (Fsp3) is 0.417. The van der Waals surface area contributed by atoms with Crippen molar-refractivity contribution in [2.75, 3.05) is 18.6 Å². The molecule has 1 aliphatic rings. The van der Waals surface area contributed by atoms with Crippen LogP contribution in [-0.4, -0.2) is 41.4 Å². The molecule has 22 heavy (non-hydrogen) atoms. The highest BCUT2D eigenvalue weighted by Gasteiger charge is 2.33. The van der Waals surface area contributed by atoms with Gasteiger partial charge in [-0.25, -0.2) is 16.8 Å². The fourth-order valence-corrected chi connectivity index (χ4v) is 4.62. The molecule has 0 aliphatic carbocycles. The molecule has 10 heteroatoms. The van der Waals surface area contributed by atoms with E-state index in [1.165, 1.54) is 31.4 Å². The Kier molecular flexibility index (Phi) is 4.73. The van der Waals surface area contributed by atoms with Gasteiger partial charge in [0.05, 0.1) is 29.4 Å². The lowest BCUT2D eigenvalue weighted by Gasteiger charge is -2.11. The van der Waals surface area contributed by atoms with Crippen molar-refractivity contribution in [3.8, 4) is 5.75 Å². The first kappa shape index (κ1) is 16.7. The lowest BCUT2D eigenvalue weighted by atomic mass is 10.1. The molecule has 122 valence electrons. The van der Waals surface area contributed by atoms with Crippen LogP contribution in [0.25, 0.3) is 0 Å². The number of methoxy groups -OCH3 is 1. The van der Waals surface area contributed by atoms with Crippen molar-refractivity contribution in [3.63, 3.8) is 0 Å². The van der Waals surface area contributed by atoms with E-state index < -0.39 is 31.7 Å². The first-order chi connectivity index (χ1) is 10.2. The molecule has 1 atom stereocenters. The lowest BCUT2D eigenvalue weighted by molar-refractivity contribution is -0.124. The van der Waals surface area contributed by atoms with Crippen LogP contribution < -0.4 is 15.0 Å². The summed E-state index contributed by atoms with van der Waals surface area (Å²) in [6.07, 6.45) is 0.193. The number of benzene rings is 1. The molecule has 0 bridgehead atoms. The van der Waals surface area contributed by atoms with Crippen LogP contribution in [0.3, 0.4) is 0 Å². The molecule has 0 spiro atoms. The van der Waals surface area contributed by atoms with E-state index in [0.717, 1.165) is 0 Å². The van der Waals surface area contributed by atoms with Crippen molar-refractivity contribution in [3.05, 3.63) is 24.3 Å². The van der Waals surface area contributed by atoms with Crippen molar-refractivity contribution in [2.45, 2.75) is 11.3 Å². The highest BCUT2D eigenvalue weighted by atomic mass is 32.2. The highest BCUT2D eigenvalue weighted by Crippen LogP contribution is 2.18. The average Bonchev–Trinajstić information content (AvgIpc) is 2.85. The van der Waals surface area contributed by atoms with Crippen LogP contribution in [0.5, 0.6) is 5.75 Å². The third kappa shape index (κ3) is 3.96. The zero-order valence-electron chi connectivity index (χ0n) is 11.8. The Labute approximate surface area is 128 Å². The summed E-state index contributed by atoms with van der Waals surface area (Å²) in [5.41, 5.74) is 2.06. The Morgan fingerprint density at radius 2 is 1.91 bits per heavy atom. The normalized spacial score (nSPS) is 20.5. The van der Waals surface area contributed by atoms with Crippen LogP contribution in [0, 0.1) is 5.92 Å². The molecule has 0 radical (unpaired) electrons. The van der Waals surface area contributed by atoms with Crippen molar-refractivity contribution in [2.24, 2.45) is 5.92 Å². The van der Waals surface area contributed by atoms with Crippen molar-refractivity contribution >= 4 is 25.8 Å². The van der Waals surface area contributed by atoms with E-state index >= 15 is 0 Å². The molecular weight excluding hydrogens is 332 g/mol. The fourth-order valence-electron chi connectivity index (χ4n) is 2.04. The van der Waals surface area contributed by atoms with E-state index in [0.29, 0.717) is 5.75 Å². The Morgan fingerprint density at radius 3 is 2.41 bits per heavy atom. The van der Waals surface area contributed by atoms with E-state index in [4.69, 9.17) is 4.74 Å². The molecule has 2 rings (SSSR count). The van der Waals surface area contributed by atoms with E-state index in [1.807, 2.05) is 4.83 Å². The van der Waals surface area contributed by atoms with Gasteiger partial charge in [0.15, 0.2) is 9.84 Å². The van der Waals surface area contributed by atoms with Crippen LogP contribution in [0.2, 0.25) is 0 Å². The maximum Gasteiger partial charge on any atom is 0.257 e. The number of carbonyl (C=O) groups excluding carboxylic acids is 1. The molecule has 1 saturated heterocycles. The highest BCUT2D eigenvalue weighted by molar-refractivity contribution is 7.91. The predicted molar refractivity (Wildman–Crippen MR) is 78.2 cm³/mol. The third-order valence-corrected chi connectivity index (χ3v) is 6.31. The van der Waals surface area contributed by atoms with Gasteiger partial charge in [-0.15, -0.1) is 4.83 Å². The summed E-state index contributed by atoms with van der Waals surface area (Å²) in [5, 5.41) is 0. The summed E-state index contributed by atoms with van der Waals surface area (Å²) in [7, 11) is -5.68. The molecule has 2 N–H and O–H groups in total. The van der Waals surface area contributed by atoms with Gasteiger partial charge in [-0.05, 0) is 30.7 Å². The van der Waals surface area contributed by atoms with Crippen LogP contribution in [0.15, 0.2) is 29.2 Å². The maximum atomic E-state index is 12.0. The lowest BCUT2D eigenvalue weighted by Crippen LogP contribution is -2.44. The smallest absolute Gasteiger partial charge is 0.257 e. The van der Waals surface area contributed by atoms with Crippen molar-refractivity contribution in [1.29, 1.82) is 0 Å². The number of amides is 1. The zero-order chi connectivity index (χ0) is 16.4. The van der Waals surface area contributed by atoms with Gasteiger partial charge in [0.1, 0.15) is 5.75 Å². The molecule has 1 aliphatic heterocycles. The second kappa shape index (κ2) is 6.23. The van der Waals surface area contributed by atoms with Crippen LogP contribution >= 0.6 is 0 Å². The van der Waals surface area contributed by atoms with Crippen molar-refractivity contribution in [1.82, 2.24) is 10.3 Å². The van der Waals surface area contributed by atoms with Gasteiger partial charge in [-0.1, -0.05) is 0 Å². The van der Waals surface area contributed by atoms with Gasteiger partial charge in [0.2, 0.25) is 5.91 Å². The number of hydrogen-bond donors (Lipinski definition) is 2. The molecule has 1 aromatic rings. The van der Waals surface area contributed by atoms with Crippen molar-refractivity contribution < 1.29 is 26.4 Å². The Morgan fingerprint density at radius 1 is 1.27 bits per heavy atom. The van der Waals surface area contributed by atoms with Gasteiger partial charge in [0, 0.05) is 0 Å². The number of hydrazine groups is 1. The molecule has 0 aromatic heterocycles. The summed E-state index contributed by atoms with van der Waals surface area (Å²) in [4.78, 5) is 13.7. The monoisotopic (exact) mass is 348 g/mol. The molecule has 0 saturated carbocycles. The van der Waals surface area contributed by atoms with Gasteiger partial charge < -0.3 is 4.74 Å². The summed E-state index contributed by atoms with van der Waals surface area (Å²) < 4.78 is 51.5. The maximum absolute atomic E-state index is 12.0. The first-order valence-corrected chi connectivity index (χ1v) is 9.70. The summed E-state index contributed by atoms with van der Waals surface area (Å²) in [5.74, 6) is -1.21. The van der Waals surface area contributed by atoms with Gasteiger partial charge in [-0.3, -0.25) is 10.2 Å².